The van der Waals surface area contributed by atoms with E-state index in [9.17, 15) is 18.0 Å². The van der Waals surface area contributed by atoms with E-state index in [4.69, 9.17) is 9.47 Å². The number of hydrogen-bond acceptors (Lipinski definition) is 6. The first-order chi connectivity index (χ1) is 22.5. The molecule has 4 aromatic rings. The van der Waals surface area contributed by atoms with Crippen LogP contribution in [0.5, 0.6) is 17.2 Å². The Morgan fingerprint density at radius 1 is 0.787 bits per heavy atom. The first kappa shape index (κ1) is 35.0. The molecule has 47 heavy (non-hydrogen) atoms. The van der Waals surface area contributed by atoms with Gasteiger partial charge in [-0.05, 0) is 92.9 Å². The predicted molar refractivity (Wildman–Crippen MR) is 184 cm³/mol. The molecule has 2 amide bonds. The molecule has 0 radical (unpaired) electrons. The molecule has 0 saturated carbocycles. The monoisotopic (exact) mass is 657 g/mol. The third-order valence-electron chi connectivity index (χ3n) is 7.89. The van der Waals surface area contributed by atoms with Gasteiger partial charge >= 0.3 is 0 Å². The number of hydrogen-bond donors (Lipinski definition) is 1. The molecule has 4 aromatic carbocycles. The van der Waals surface area contributed by atoms with Crippen molar-refractivity contribution >= 4 is 27.5 Å². The fraction of sp³-hybridized carbons (Fsp3) is 0.297. The molecular weight excluding hydrogens is 614 g/mol. The minimum atomic E-state index is -4.20. The van der Waals surface area contributed by atoms with Crippen molar-refractivity contribution in [3.05, 3.63) is 114 Å². The number of ether oxygens (including phenoxy) is 2. The fourth-order valence-electron chi connectivity index (χ4n) is 4.96. The second kappa shape index (κ2) is 16.1. The average Bonchev–Trinajstić information content (AvgIpc) is 3.08. The van der Waals surface area contributed by atoms with Crippen molar-refractivity contribution in [1.82, 2.24) is 10.2 Å². The van der Waals surface area contributed by atoms with Gasteiger partial charge < -0.3 is 19.7 Å². The molecule has 0 aromatic heterocycles. The number of sulfonamides is 1. The van der Waals surface area contributed by atoms with Gasteiger partial charge in [-0.1, -0.05) is 61.9 Å². The Morgan fingerprint density at radius 2 is 1.38 bits per heavy atom. The molecular formula is C37H43N3O6S. The first-order valence-electron chi connectivity index (χ1n) is 15.7. The summed E-state index contributed by atoms with van der Waals surface area (Å²) in [6.45, 7) is 7.14. The lowest BCUT2D eigenvalue weighted by Crippen LogP contribution is -2.53. The highest BCUT2D eigenvalue weighted by Crippen LogP contribution is 2.29. The van der Waals surface area contributed by atoms with Crippen molar-refractivity contribution in [3.8, 4) is 17.2 Å². The van der Waals surface area contributed by atoms with E-state index in [1.54, 1.807) is 55.6 Å². The molecule has 9 nitrogen and oxygen atoms in total. The molecule has 4 rings (SSSR count). The van der Waals surface area contributed by atoms with Crippen molar-refractivity contribution in [1.29, 1.82) is 0 Å². The Morgan fingerprint density at radius 3 is 1.96 bits per heavy atom. The third-order valence-corrected chi connectivity index (χ3v) is 9.68. The van der Waals surface area contributed by atoms with Crippen LogP contribution in [0.15, 0.2) is 108 Å². The molecule has 1 N–H and O–H groups in total. The number of benzene rings is 4. The number of methoxy groups -OCH3 is 1. The normalized spacial score (nSPS) is 12.4. The molecule has 0 saturated heterocycles. The standard InChI is InChI=1S/C37H43N3O6S/c1-6-28(4)38-37(42)35(7-2)39(25-29-15-19-31(45-5)20-16-29)36(41)26-40(47(43,44)34-23-13-27(3)14-24-34)30-17-21-33(22-18-30)46-32-11-9-8-10-12-32/h8-24,28,35H,6-7,25-26H2,1-5H3,(H,38,42)/t28-,35+/m0/s1. The van der Waals surface area contributed by atoms with Gasteiger partial charge in [0, 0.05) is 12.6 Å². The second-order valence-corrected chi connectivity index (χ2v) is 13.2. The lowest BCUT2D eigenvalue weighted by Gasteiger charge is -2.33. The van der Waals surface area contributed by atoms with Crippen molar-refractivity contribution < 1.29 is 27.5 Å². The highest BCUT2D eigenvalue weighted by Gasteiger charge is 2.34. The van der Waals surface area contributed by atoms with Crippen LogP contribution in [0, 0.1) is 6.92 Å². The number of carbonyl (C=O) groups excluding carboxylic acids is 2. The third kappa shape index (κ3) is 9.13. The van der Waals surface area contributed by atoms with E-state index < -0.39 is 28.5 Å². The number of amides is 2. The molecule has 2 atom stereocenters. The summed E-state index contributed by atoms with van der Waals surface area (Å²) < 4.78 is 40.7. The summed E-state index contributed by atoms with van der Waals surface area (Å²) in [7, 11) is -2.63. The zero-order valence-corrected chi connectivity index (χ0v) is 28.4. The Hall–Kier alpha value is -4.83. The van der Waals surface area contributed by atoms with Gasteiger partial charge in [0.25, 0.3) is 10.0 Å². The molecule has 10 heteroatoms. The summed E-state index contributed by atoms with van der Waals surface area (Å²) in [4.78, 5) is 29.4. The average molecular weight is 658 g/mol. The van der Waals surface area contributed by atoms with Gasteiger partial charge in [0.1, 0.15) is 29.8 Å². The van der Waals surface area contributed by atoms with Crippen LogP contribution in [0.25, 0.3) is 0 Å². The summed E-state index contributed by atoms with van der Waals surface area (Å²) >= 11 is 0. The van der Waals surface area contributed by atoms with Crippen LogP contribution in [-0.4, -0.2) is 50.9 Å². The van der Waals surface area contributed by atoms with Crippen LogP contribution in [0.2, 0.25) is 0 Å². The molecule has 0 heterocycles. The minimum Gasteiger partial charge on any atom is -0.497 e. The van der Waals surface area contributed by atoms with E-state index in [0.29, 0.717) is 23.7 Å². The molecule has 0 fully saturated rings. The number of rotatable bonds is 15. The number of carbonyl (C=O) groups is 2. The Bertz CT molecular complexity index is 1710. The van der Waals surface area contributed by atoms with E-state index in [2.05, 4.69) is 5.32 Å². The van der Waals surface area contributed by atoms with Crippen molar-refractivity contribution in [2.24, 2.45) is 0 Å². The summed E-state index contributed by atoms with van der Waals surface area (Å²) in [5, 5.41) is 2.99. The number of aryl methyl sites for hydroxylation is 1. The SMILES string of the molecule is CC[C@H](C(=O)N[C@@H](C)CC)N(Cc1ccc(OC)cc1)C(=O)CN(c1ccc(Oc2ccccc2)cc1)S(=O)(=O)c1ccc(C)cc1. The number of para-hydroxylation sites is 1. The molecule has 0 aliphatic heterocycles. The van der Waals surface area contributed by atoms with E-state index in [1.165, 1.54) is 17.0 Å². The van der Waals surface area contributed by atoms with Crippen molar-refractivity contribution in [3.63, 3.8) is 0 Å². The van der Waals surface area contributed by atoms with Crippen LogP contribution in [0.3, 0.4) is 0 Å². The largest absolute Gasteiger partial charge is 0.497 e. The van der Waals surface area contributed by atoms with Gasteiger partial charge in [-0.25, -0.2) is 8.42 Å². The molecule has 0 unspecified atom stereocenters. The number of anilines is 1. The Labute approximate surface area is 278 Å². The fourth-order valence-corrected chi connectivity index (χ4v) is 6.37. The quantitative estimate of drug-likeness (QED) is 0.152. The summed E-state index contributed by atoms with van der Waals surface area (Å²) in [6, 6.07) is 28.5. The van der Waals surface area contributed by atoms with Gasteiger partial charge in [0.2, 0.25) is 11.8 Å². The van der Waals surface area contributed by atoms with Crippen LogP contribution < -0.4 is 19.1 Å². The van der Waals surface area contributed by atoms with E-state index in [0.717, 1.165) is 21.9 Å². The molecule has 248 valence electrons. The van der Waals surface area contributed by atoms with Crippen molar-refractivity contribution in [2.75, 3.05) is 18.0 Å². The molecule has 0 aliphatic rings. The maximum atomic E-state index is 14.3. The maximum Gasteiger partial charge on any atom is 0.264 e. The number of nitrogens with one attached hydrogen (secondary N) is 1. The smallest absolute Gasteiger partial charge is 0.264 e. The van der Waals surface area contributed by atoms with Crippen LogP contribution in [0.1, 0.15) is 44.7 Å². The maximum absolute atomic E-state index is 14.3. The molecule has 0 aliphatic carbocycles. The van der Waals surface area contributed by atoms with E-state index >= 15 is 0 Å². The van der Waals surface area contributed by atoms with E-state index in [1.807, 2.05) is 70.2 Å². The van der Waals surface area contributed by atoms with Gasteiger partial charge in [0.05, 0.1) is 17.7 Å². The van der Waals surface area contributed by atoms with Gasteiger partial charge in [-0.3, -0.25) is 13.9 Å². The highest BCUT2D eigenvalue weighted by atomic mass is 32.2. The van der Waals surface area contributed by atoms with Gasteiger partial charge in [0.15, 0.2) is 0 Å². The van der Waals surface area contributed by atoms with E-state index in [-0.39, 0.29) is 29.1 Å². The first-order valence-corrected chi connectivity index (χ1v) is 17.1. The number of nitrogens with zero attached hydrogens (tertiary/aromatic N) is 2. The second-order valence-electron chi connectivity index (χ2n) is 11.3. The highest BCUT2D eigenvalue weighted by molar-refractivity contribution is 7.92. The van der Waals surface area contributed by atoms with Crippen LogP contribution in [0.4, 0.5) is 5.69 Å². The van der Waals surface area contributed by atoms with Crippen LogP contribution >= 0.6 is 0 Å². The van der Waals surface area contributed by atoms with Gasteiger partial charge in [-0.2, -0.15) is 0 Å². The Balaban J connectivity index is 1.72. The molecule has 0 bridgehead atoms. The summed E-state index contributed by atoms with van der Waals surface area (Å²) in [6.07, 6.45) is 1.06. The van der Waals surface area contributed by atoms with Crippen LogP contribution in [-0.2, 0) is 26.2 Å². The predicted octanol–water partition coefficient (Wildman–Crippen LogP) is 6.71. The lowest BCUT2D eigenvalue weighted by atomic mass is 10.1. The zero-order valence-electron chi connectivity index (χ0n) is 27.6. The molecule has 0 spiro atoms. The van der Waals surface area contributed by atoms with Gasteiger partial charge in [-0.15, -0.1) is 0 Å². The topological polar surface area (TPSA) is 105 Å². The lowest BCUT2D eigenvalue weighted by molar-refractivity contribution is -0.140. The minimum absolute atomic E-state index is 0.0452. The summed E-state index contributed by atoms with van der Waals surface area (Å²) in [5.41, 5.74) is 1.95. The zero-order chi connectivity index (χ0) is 34.0. The summed E-state index contributed by atoms with van der Waals surface area (Å²) in [5.74, 6) is 0.984. The Kier molecular flexibility index (Phi) is 12.0. The van der Waals surface area contributed by atoms with Crippen molar-refractivity contribution in [2.45, 2.75) is 64.1 Å².